The van der Waals surface area contributed by atoms with Gasteiger partial charge in [0.05, 0.1) is 6.10 Å². The number of rotatable bonds is 5. The van der Waals surface area contributed by atoms with Gasteiger partial charge in [0.15, 0.2) is 0 Å². The molecule has 1 aliphatic heterocycles. The summed E-state index contributed by atoms with van der Waals surface area (Å²) in [5.41, 5.74) is 3.38. The fraction of sp³-hybridized carbons (Fsp3) is 0.571. The molecule has 3 unspecified atom stereocenters. The zero-order chi connectivity index (χ0) is 13.8. The van der Waals surface area contributed by atoms with Gasteiger partial charge < -0.3 is 4.74 Å². The molecule has 1 saturated heterocycles. The van der Waals surface area contributed by atoms with E-state index in [4.69, 9.17) is 10.6 Å². The first-order chi connectivity index (χ1) is 9.13. The Kier molecular flexibility index (Phi) is 4.85. The van der Waals surface area contributed by atoms with Crippen molar-refractivity contribution in [2.24, 2.45) is 11.8 Å². The molecule has 1 heterocycles. The van der Waals surface area contributed by atoms with Gasteiger partial charge in [-0.2, -0.15) is 0 Å². The number of ether oxygens (including phenoxy) is 1. The van der Waals surface area contributed by atoms with Gasteiger partial charge in [-0.05, 0) is 37.0 Å². The van der Waals surface area contributed by atoms with Crippen LogP contribution in [0.25, 0.3) is 0 Å². The molecular formula is C14H20F2N2O. The molecule has 3 atom stereocenters. The third-order valence-electron chi connectivity index (χ3n) is 3.77. The second-order valence-electron chi connectivity index (χ2n) is 5.03. The highest BCUT2D eigenvalue weighted by Crippen LogP contribution is 2.28. The summed E-state index contributed by atoms with van der Waals surface area (Å²) in [5, 5.41) is 0. The van der Waals surface area contributed by atoms with Crippen molar-refractivity contribution in [2.75, 3.05) is 6.61 Å². The number of hydrazine groups is 1. The van der Waals surface area contributed by atoms with E-state index < -0.39 is 11.6 Å². The van der Waals surface area contributed by atoms with Gasteiger partial charge in [-0.3, -0.25) is 11.3 Å². The maximum Gasteiger partial charge on any atom is 0.126 e. The average molecular weight is 270 g/mol. The van der Waals surface area contributed by atoms with Crippen LogP contribution in [0.2, 0.25) is 0 Å². The largest absolute Gasteiger partial charge is 0.378 e. The molecule has 1 aromatic carbocycles. The second kappa shape index (κ2) is 6.41. The quantitative estimate of drug-likeness (QED) is 0.636. The van der Waals surface area contributed by atoms with Crippen LogP contribution in [0, 0.1) is 17.6 Å². The molecule has 0 aliphatic carbocycles. The predicted molar refractivity (Wildman–Crippen MR) is 69.3 cm³/mol. The molecule has 3 nitrogen and oxygen atoms in total. The smallest absolute Gasteiger partial charge is 0.126 e. The van der Waals surface area contributed by atoms with E-state index in [1.807, 2.05) is 0 Å². The molecule has 0 bridgehead atoms. The van der Waals surface area contributed by atoms with Crippen LogP contribution in [0.4, 0.5) is 8.78 Å². The summed E-state index contributed by atoms with van der Waals surface area (Å²) in [6, 6.07) is 3.55. The van der Waals surface area contributed by atoms with Gasteiger partial charge in [-0.15, -0.1) is 0 Å². The van der Waals surface area contributed by atoms with Crippen molar-refractivity contribution in [1.29, 1.82) is 0 Å². The van der Waals surface area contributed by atoms with E-state index in [1.165, 1.54) is 12.1 Å². The van der Waals surface area contributed by atoms with Gasteiger partial charge in [0.25, 0.3) is 0 Å². The summed E-state index contributed by atoms with van der Waals surface area (Å²) >= 11 is 0. The second-order valence-corrected chi connectivity index (χ2v) is 5.03. The van der Waals surface area contributed by atoms with Crippen molar-refractivity contribution >= 4 is 0 Å². The number of nitrogens with two attached hydrogens (primary N) is 1. The minimum Gasteiger partial charge on any atom is -0.378 e. The molecule has 5 heteroatoms. The Morgan fingerprint density at radius 3 is 2.63 bits per heavy atom. The molecule has 2 rings (SSSR count). The fourth-order valence-corrected chi connectivity index (χ4v) is 2.86. The van der Waals surface area contributed by atoms with Gasteiger partial charge in [0.1, 0.15) is 11.6 Å². The van der Waals surface area contributed by atoms with Gasteiger partial charge in [0.2, 0.25) is 0 Å². The molecule has 0 radical (unpaired) electrons. The van der Waals surface area contributed by atoms with Crippen LogP contribution in [-0.4, -0.2) is 18.8 Å². The number of hydrogen-bond acceptors (Lipinski definition) is 3. The molecule has 106 valence electrons. The van der Waals surface area contributed by atoms with Crippen LogP contribution in [0.5, 0.6) is 0 Å². The summed E-state index contributed by atoms with van der Waals surface area (Å²) in [7, 11) is 0. The molecule has 19 heavy (non-hydrogen) atoms. The summed E-state index contributed by atoms with van der Waals surface area (Å²) in [6.07, 6.45) is 2.50. The summed E-state index contributed by atoms with van der Waals surface area (Å²) in [5.74, 6) is 4.77. The van der Waals surface area contributed by atoms with E-state index >= 15 is 0 Å². The highest BCUT2D eigenvalue weighted by Gasteiger charge is 2.33. The Hall–Kier alpha value is -1.04. The molecule has 3 N–H and O–H groups in total. The van der Waals surface area contributed by atoms with E-state index in [-0.39, 0.29) is 18.1 Å². The fourth-order valence-electron chi connectivity index (χ4n) is 2.86. The Balaban J connectivity index is 2.10. The third-order valence-corrected chi connectivity index (χ3v) is 3.77. The van der Waals surface area contributed by atoms with E-state index in [0.717, 1.165) is 25.5 Å². The molecule has 1 fully saturated rings. The van der Waals surface area contributed by atoms with E-state index in [1.54, 1.807) is 0 Å². The summed E-state index contributed by atoms with van der Waals surface area (Å²) < 4.78 is 32.0. The van der Waals surface area contributed by atoms with Crippen molar-refractivity contribution in [3.63, 3.8) is 0 Å². The first kappa shape index (κ1) is 14.4. The Morgan fingerprint density at radius 1 is 1.37 bits per heavy atom. The van der Waals surface area contributed by atoms with Crippen molar-refractivity contribution < 1.29 is 13.5 Å². The number of benzene rings is 1. The van der Waals surface area contributed by atoms with Gasteiger partial charge in [-0.1, -0.05) is 6.92 Å². The SMILES string of the molecule is CCC1OCCC1C(Cc1cc(F)cc(F)c1)NN. The minimum atomic E-state index is -0.555. The third kappa shape index (κ3) is 3.49. The lowest BCUT2D eigenvalue weighted by atomic mass is 9.87. The highest BCUT2D eigenvalue weighted by molar-refractivity contribution is 5.19. The first-order valence-corrected chi connectivity index (χ1v) is 6.66. The Labute approximate surface area is 112 Å². The molecule has 0 saturated carbocycles. The lowest BCUT2D eigenvalue weighted by Crippen LogP contribution is -2.45. The van der Waals surface area contributed by atoms with Crippen LogP contribution in [0.15, 0.2) is 18.2 Å². The standard InChI is InChI=1S/C14H20F2N2O/c1-2-14-12(3-4-19-14)13(18-17)7-9-5-10(15)8-11(16)6-9/h5-6,8,12-14,18H,2-4,7,17H2,1H3. The average Bonchev–Trinajstić information content (AvgIpc) is 2.82. The van der Waals surface area contributed by atoms with Crippen molar-refractivity contribution in [3.05, 3.63) is 35.4 Å². The van der Waals surface area contributed by atoms with Crippen LogP contribution in [0.3, 0.4) is 0 Å². The highest BCUT2D eigenvalue weighted by atomic mass is 19.1. The molecule has 1 aromatic rings. The van der Waals surface area contributed by atoms with Crippen LogP contribution >= 0.6 is 0 Å². The van der Waals surface area contributed by atoms with Crippen molar-refractivity contribution in [1.82, 2.24) is 5.43 Å². The Morgan fingerprint density at radius 2 is 2.05 bits per heavy atom. The van der Waals surface area contributed by atoms with Crippen molar-refractivity contribution in [3.8, 4) is 0 Å². The normalized spacial score (nSPS) is 24.6. The van der Waals surface area contributed by atoms with Gasteiger partial charge in [-0.25, -0.2) is 8.78 Å². The number of hydrogen-bond donors (Lipinski definition) is 2. The summed E-state index contributed by atoms with van der Waals surface area (Å²) in [4.78, 5) is 0. The first-order valence-electron chi connectivity index (χ1n) is 6.66. The predicted octanol–water partition coefficient (Wildman–Crippen LogP) is 2.15. The maximum atomic E-state index is 13.2. The van der Waals surface area contributed by atoms with Crippen LogP contribution < -0.4 is 11.3 Å². The summed E-state index contributed by atoms with van der Waals surface area (Å²) in [6.45, 7) is 2.79. The lowest BCUT2D eigenvalue weighted by molar-refractivity contribution is 0.0774. The molecule has 0 spiro atoms. The maximum absolute atomic E-state index is 13.2. The number of halogens is 2. The van der Waals surface area contributed by atoms with Crippen molar-refractivity contribution in [2.45, 2.75) is 38.3 Å². The lowest BCUT2D eigenvalue weighted by Gasteiger charge is -2.26. The van der Waals surface area contributed by atoms with E-state index in [9.17, 15) is 8.78 Å². The monoisotopic (exact) mass is 270 g/mol. The van der Waals surface area contributed by atoms with E-state index in [2.05, 4.69) is 12.3 Å². The number of nitrogens with one attached hydrogen (secondary N) is 1. The zero-order valence-corrected chi connectivity index (χ0v) is 11.0. The zero-order valence-electron chi connectivity index (χ0n) is 11.0. The van der Waals surface area contributed by atoms with E-state index in [0.29, 0.717) is 12.0 Å². The Bertz CT molecular complexity index is 408. The minimum absolute atomic E-state index is 0.0337. The molecule has 0 aromatic heterocycles. The molecule has 0 amide bonds. The topological polar surface area (TPSA) is 47.3 Å². The molecular weight excluding hydrogens is 250 g/mol. The van der Waals surface area contributed by atoms with Crippen LogP contribution in [-0.2, 0) is 11.2 Å². The molecule has 1 aliphatic rings. The van der Waals surface area contributed by atoms with Gasteiger partial charge in [0, 0.05) is 24.6 Å². The van der Waals surface area contributed by atoms with Gasteiger partial charge >= 0.3 is 0 Å². The van der Waals surface area contributed by atoms with Crippen LogP contribution in [0.1, 0.15) is 25.3 Å².